The van der Waals surface area contributed by atoms with Crippen molar-refractivity contribution in [3.8, 4) is 17.7 Å². The first-order valence-electron chi connectivity index (χ1n) is 9.86. The van der Waals surface area contributed by atoms with E-state index in [1.807, 2.05) is 12.1 Å². The summed E-state index contributed by atoms with van der Waals surface area (Å²) in [4.78, 5) is 17.3. The van der Waals surface area contributed by atoms with Crippen molar-refractivity contribution < 1.29 is 18.5 Å². The smallest absolute Gasteiger partial charge is 0.245 e. The molecule has 2 aromatic carbocycles. The molecular formula is C25H18ClFN2O3S. The number of carbonyl (C=O) groups is 1. The van der Waals surface area contributed by atoms with Crippen molar-refractivity contribution in [1.82, 2.24) is 4.98 Å². The van der Waals surface area contributed by atoms with Gasteiger partial charge in [0.1, 0.15) is 17.2 Å². The molecule has 1 aliphatic rings. The maximum absolute atomic E-state index is 13.5. The fourth-order valence-electron chi connectivity index (χ4n) is 3.31. The molecule has 1 aromatic heterocycles. The third kappa shape index (κ3) is 4.88. The zero-order valence-electron chi connectivity index (χ0n) is 17.8. The number of carbonyl (C=O) groups excluding carboxylic acids is 1. The van der Waals surface area contributed by atoms with E-state index >= 15 is 0 Å². The summed E-state index contributed by atoms with van der Waals surface area (Å²) in [5.41, 5.74) is 3.06. The van der Waals surface area contributed by atoms with E-state index in [1.165, 1.54) is 28.6 Å². The number of halogens is 2. The van der Waals surface area contributed by atoms with E-state index in [0.717, 1.165) is 5.56 Å². The second-order valence-electron chi connectivity index (χ2n) is 7.17. The number of nitrogens with zero attached hydrogens (tertiary/aromatic N) is 2. The molecule has 166 valence electrons. The van der Waals surface area contributed by atoms with Gasteiger partial charge in [-0.05, 0) is 47.5 Å². The average molecular weight is 481 g/mol. The molecule has 3 aromatic rings. The molecule has 1 unspecified atom stereocenters. The average Bonchev–Trinajstić information content (AvgIpc) is 2.82. The quantitative estimate of drug-likeness (QED) is 0.305. The Kier molecular flexibility index (Phi) is 6.70. The van der Waals surface area contributed by atoms with Gasteiger partial charge in [0.2, 0.25) is 16.6 Å². The number of benzene rings is 2. The van der Waals surface area contributed by atoms with Crippen molar-refractivity contribution in [2.24, 2.45) is 0 Å². The molecule has 0 aliphatic carbocycles. The minimum Gasteiger partial charge on any atom is -0.588 e. The first kappa shape index (κ1) is 22.9. The van der Waals surface area contributed by atoms with Crippen LogP contribution in [0.1, 0.15) is 27.0 Å². The van der Waals surface area contributed by atoms with Gasteiger partial charge in [-0.15, -0.1) is 0 Å². The van der Waals surface area contributed by atoms with Gasteiger partial charge in [0.25, 0.3) is 0 Å². The second kappa shape index (κ2) is 9.67. The Bertz CT molecular complexity index is 1330. The van der Waals surface area contributed by atoms with Crippen LogP contribution in [0.5, 0.6) is 5.88 Å². The number of methoxy groups -OCH3 is 1. The Balaban J connectivity index is 1.63. The summed E-state index contributed by atoms with van der Waals surface area (Å²) in [7, 11) is 3.20. The van der Waals surface area contributed by atoms with E-state index in [1.54, 1.807) is 38.6 Å². The predicted molar refractivity (Wildman–Crippen MR) is 128 cm³/mol. The molecule has 33 heavy (non-hydrogen) atoms. The molecule has 0 N–H and O–H groups in total. The zero-order chi connectivity index (χ0) is 23.5. The Morgan fingerprint density at radius 3 is 2.82 bits per heavy atom. The topological polar surface area (TPSA) is 65.5 Å². The molecule has 5 nitrogen and oxygen atoms in total. The number of rotatable bonds is 3. The van der Waals surface area contributed by atoms with E-state index < -0.39 is 17.2 Å². The van der Waals surface area contributed by atoms with E-state index in [0.29, 0.717) is 34.7 Å². The standard InChI is InChI=1S/C25H18ClFN2O3S/c1-29-22-9-7-16(4-3-5-17-10-11-28-24(15-17)32-2)12-19(22)25(30)23(33(29)31)14-18-6-8-21(27)20(26)13-18/h6-15H,5H2,1-2H3/b23-14-. The Morgan fingerprint density at radius 2 is 2.06 bits per heavy atom. The number of fused-ring (bicyclic) bond motifs is 1. The second-order valence-corrected chi connectivity index (χ2v) is 9.07. The number of Topliss-reactive ketones (excluding diaryl/α,β-unsaturated/α-hetero) is 1. The monoisotopic (exact) mass is 480 g/mol. The Morgan fingerprint density at radius 1 is 1.24 bits per heavy atom. The third-order valence-electron chi connectivity index (χ3n) is 5.02. The molecular weight excluding hydrogens is 463 g/mol. The highest BCUT2D eigenvalue weighted by molar-refractivity contribution is 7.97. The van der Waals surface area contributed by atoms with Crippen molar-refractivity contribution in [3.05, 3.63) is 92.7 Å². The first-order chi connectivity index (χ1) is 15.9. The van der Waals surface area contributed by atoms with Crippen molar-refractivity contribution >= 4 is 40.5 Å². The minimum atomic E-state index is -1.71. The largest absolute Gasteiger partial charge is 0.588 e. The molecule has 0 spiro atoms. The van der Waals surface area contributed by atoms with Gasteiger partial charge in [-0.3, -0.25) is 4.79 Å². The van der Waals surface area contributed by atoms with Gasteiger partial charge in [0, 0.05) is 30.3 Å². The molecule has 0 radical (unpaired) electrons. The molecule has 1 atom stereocenters. The summed E-state index contributed by atoms with van der Waals surface area (Å²) in [5.74, 6) is 5.74. The van der Waals surface area contributed by atoms with Crippen LogP contribution in [0.4, 0.5) is 10.1 Å². The number of hydrogen-bond donors (Lipinski definition) is 0. The highest BCUT2D eigenvalue weighted by atomic mass is 35.5. The number of ketones is 1. The van der Waals surface area contributed by atoms with Crippen molar-refractivity contribution in [2.75, 3.05) is 18.5 Å². The molecule has 1 aliphatic heterocycles. The van der Waals surface area contributed by atoms with Gasteiger partial charge in [-0.2, -0.15) is 4.31 Å². The Labute approximate surface area is 199 Å². The Hall–Kier alpha value is -3.31. The molecule has 0 fully saturated rings. The lowest BCUT2D eigenvalue weighted by molar-refractivity contribution is 0.104. The predicted octanol–water partition coefficient (Wildman–Crippen LogP) is 4.81. The van der Waals surface area contributed by atoms with Gasteiger partial charge in [0.05, 0.1) is 30.4 Å². The number of anilines is 1. The number of ether oxygens (including phenoxy) is 1. The molecule has 0 saturated carbocycles. The van der Waals surface area contributed by atoms with Crippen molar-refractivity contribution in [3.63, 3.8) is 0 Å². The fourth-order valence-corrected chi connectivity index (χ4v) is 4.64. The summed E-state index contributed by atoms with van der Waals surface area (Å²) < 4.78 is 33.0. The summed E-state index contributed by atoms with van der Waals surface area (Å²) in [6.07, 6.45) is 3.62. The SMILES string of the molecule is COc1cc(CC#Cc2ccc3c(c2)C(=O)/C(=C/c2ccc(F)c(Cl)c2)[S+]([O-])N3C)ccn1. The lowest BCUT2D eigenvalue weighted by atomic mass is 10.0. The van der Waals surface area contributed by atoms with Gasteiger partial charge < -0.3 is 9.29 Å². The van der Waals surface area contributed by atoms with Crippen molar-refractivity contribution in [1.29, 1.82) is 0 Å². The summed E-state index contributed by atoms with van der Waals surface area (Å²) >= 11 is 4.13. The normalized spacial score (nSPS) is 16.3. The minimum absolute atomic E-state index is 0.0727. The van der Waals surface area contributed by atoms with E-state index in [4.69, 9.17) is 16.3 Å². The van der Waals surface area contributed by atoms with E-state index in [2.05, 4.69) is 16.8 Å². The maximum Gasteiger partial charge on any atom is 0.245 e. The zero-order valence-corrected chi connectivity index (χ0v) is 19.3. The van der Waals surface area contributed by atoms with Gasteiger partial charge in [-0.25, -0.2) is 9.37 Å². The van der Waals surface area contributed by atoms with Gasteiger partial charge >= 0.3 is 0 Å². The summed E-state index contributed by atoms with van der Waals surface area (Å²) in [6.45, 7) is 0. The summed E-state index contributed by atoms with van der Waals surface area (Å²) in [6, 6.07) is 12.9. The molecule has 0 bridgehead atoms. The highest BCUT2D eigenvalue weighted by Crippen LogP contribution is 2.35. The van der Waals surface area contributed by atoms with Crippen molar-refractivity contribution in [2.45, 2.75) is 6.42 Å². The van der Waals surface area contributed by atoms with Crippen LogP contribution < -0.4 is 9.04 Å². The highest BCUT2D eigenvalue weighted by Gasteiger charge is 2.38. The molecule has 8 heteroatoms. The molecule has 2 heterocycles. The van der Waals surface area contributed by atoms with Crippen LogP contribution in [0.15, 0.2) is 59.6 Å². The van der Waals surface area contributed by atoms with Crippen LogP contribution in [-0.2, 0) is 17.8 Å². The van der Waals surface area contributed by atoms with E-state index in [-0.39, 0.29) is 15.7 Å². The summed E-state index contributed by atoms with van der Waals surface area (Å²) in [5, 5.41) is -0.0727. The van der Waals surface area contributed by atoms with Crippen LogP contribution in [0, 0.1) is 17.7 Å². The molecule has 0 saturated heterocycles. The molecule has 4 rings (SSSR count). The number of allylic oxidation sites excluding steroid dienone is 1. The van der Waals surface area contributed by atoms with Gasteiger partial charge in [-0.1, -0.05) is 29.5 Å². The van der Waals surface area contributed by atoms with E-state index in [9.17, 15) is 13.7 Å². The number of hydrogen-bond acceptors (Lipinski definition) is 5. The van der Waals surface area contributed by atoms with Gasteiger partial charge in [0.15, 0.2) is 0 Å². The van der Waals surface area contributed by atoms with Crippen LogP contribution in [0.2, 0.25) is 5.02 Å². The van der Waals surface area contributed by atoms with Crippen LogP contribution in [-0.4, -0.2) is 29.5 Å². The number of pyridine rings is 1. The third-order valence-corrected chi connectivity index (χ3v) is 6.68. The molecule has 0 amide bonds. The van der Waals surface area contributed by atoms with Crippen LogP contribution in [0.25, 0.3) is 6.08 Å². The van der Waals surface area contributed by atoms with Crippen LogP contribution in [0.3, 0.4) is 0 Å². The lowest BCUT2D eigenvalue weighted by Gasteiger charge is -2.29. The maximum atomic E-state index is 13.5. The fraction of sp³-hybridized carbons (Fsp3) is 0.120. The lowest BCUT2D eigenvalue weighted by Crippen LogP contribution is -2.36. The van der Waals surface area contributed by atoms with Crippen LogP contribution >= 0.6 is 11.6 Å². The number of aromatic nitrogens is 1. The first-order valence-corrected chi connectivity index (χ1v) is 11.3.